The van der Waals surface area contributed by atoms with E-state index in [1.54, 1.807) is 0 Å². The Balaban J connectivity index is 3.33. The van der Waals surface area contributed by atoms with Crippen LogP contribution < -0.4 is 0 Å². The highest BCUT2D eigenvalue weighted by atomic mass is 79.9. The lowest BCUT2D eigenvalue weighted by molar-refractivity contribution is -0.404. The highest BCUT2D eigenvalue weighted by molar-refractivity contribution is 9.09. The number of ether oxygens (including phenoxy) is 7. The van der Waals surface area contributed by atoms with E-state index in [1.165, 1.54) is 0 Å². The number of alkyl halides is 2. The SMILES string of the molecule is CC(=O)OC[C@H]1O[C@H](OCCBr)[C@H](OC(C)=O)[C@@H](OC(C)=O)[C@@]1(OCCBr)[C@@H]1O[C@H](C(O)C(C)=O)[C@@](O)(C(C)=O)[C@@](O)(C(C)=O)[C@]1(O)C(C)=O. The van der Waals surface area contributed by atoms with E-state index in [0.29, 0.717) is 20.8 Å². The van der Waals surface area contributed by atoms with E-state index < -0.39 is 120 Å². The van der Waals surface area contributed by atoms with Crippen LogP contribution in [-0.2, 0) is 66.7 Å². The largest absolute Gasteiger partial charge is 0.463 e. The quantitative estimate of drug-likeness (QED) is 0.0772. The molecule has 0 aromatic carbocycles. The lowest BCUT2D eigenvalue weighted by Gasteiger charge is -2.64. The summed E-state index contributed by atoms with van der Waals surface area (Å²) in [4.78, 5) is 90.7. The topological polar surface area (TPSA) is 265 Å². The molecule has 284 valence electrons. The lowest BCUT2D eigenvalue weighted by atomic mass is 9.55. The van der Waals surface area contributed by atoms with Gasteiger partial charge in [0.25, 0.3) is 0 Å². The summed E-state index contributed by atoms with van der Waals surface area (Å²) in [6.07, 6.45) is -15.6. The number of ketones is 4. The Labute approximate surface area is 303 Å². The van der Waals surface area contributed by atoms with Gasteiger partial charge in [0.1, 0.15) is 31.0 Å². The molecular weight excluding hydrogens is 808 g/mol. The predicted octanol–water partition coefficient (Wildman–Crippen LogP) is -1.62. The molecule has 0 bridgehead atoms. The van der Waals surface area contributed by atoms with E-state index in [4.69, 9.17) is 33.2 Å². The molecule has 20 heteroatoms. The zero-order chi connectivity index (χ0) is 38.6. The summed E-state index contributed by atoms with van der Waals surface area (Å²) in [6.45, 7) is 4.00. The summed E-state index contributed by atoms with van der Waals surface area (Å²) in [6, 6.07) is 0. The van der Waals surface area contributed by atoms with E-state index in [0.717, 1.165) is 27.7 Å². The number of esters is 3. The van der Waals surface area contributed by atoms with Crippen molar-refractivity contribution >= 4 is 72.9 Å². The van der Waals surface area contributed by atoms with Crippen molar-refractivity contribution in [1.82, 2.24) is 0 Å². The van der Waals surface area contributed by atoms with Gasteiger partial charge in [-0.1, -0.05) is 31.9 Å². The number of carbonyl (C=O) groups excluding carboxylic acids is 7. The van der Waals surface area contributed by atoms with E-state index in [2.05, 4.69) is 31.9 Å². The Morgan fingerprint density at radius 1 is 0.740 bits per heavy atom. The average molecular weight is 850 g/mol. The maximum absolute atomic E-state index is 13.8. The van der Waals surface area contributed by atoms with Crippen molar-refractivity contribution in [3.8, 4) is 0 Å². The Morgan fingerprint density at radius 3 is 1.70 bits per heavy atom. The number of carbonyl (C=O) groups is 7. The molecule has 0 aromatic heterocycles. The number of rotatable bonds is 16. The monoisotopic (exact) mass is 848 g/mol. The predicted molar refractivity (Wildman–Crippen MR) is 171 cm³/mol. The van der Waals surface area contributed by atoms with Crippen molar-refractivity contribution in [2.45, 2.75) is 114 Å². The number of Topliss-reactive ketones (excluding diaryl/α,β-unsaturated/α-hetero) is 4. The highest BCUT2D eigenvalue weighted by Gasteiger charge is 2.84. The smallest absolute Gasteiger partial charge is 0.303 e. The summed E-state index contributed by atoms with van der Waals surface area (Å²) in [5.41, 5.74) is -14.4. The van der Waals surface area contributed by atoms with Crippen LogP contribution in [0, 0.1) is 0 Å². The average Bonchev–Trinajstić information content (AvgIpc) is 3.01. The zero-order valence-electron chi connectivity index (χ0n) is 28.3. The molecule has 2 aliphatic rings. The van der Waals surface area contributed by atoms with E-state index >= 15 is 0 Å². The minimum atomic E-state index is -3.97. The van der Waals surface area contributed by atoms with Crippen LogP contribution in [0.4, 0.5) is 0 Å². The molecule has 0 spiro atoms. The third-order valence-electron chi connectivity index (χ3n) is 8.51. The van der Waals surface area contributed by atoms with E-state index in [-0.39, 0.29) is 17.3 Å². The molecule has 1 unspecified atom stereocenters. The van der Waals surface area contributed by atoms with Crippen molar-refractivity contribution in [3.63, 3.8) is 0 Å². The number of aliphatic hydroxyl groups is 4. The first-order valence-corrected chi connectivity index (χ1v) is 17.4. The zero-order valence-corrected chi connectivity index (χ0v) is 31.5. The summed E-state index contributed by atoms with van der Waals surface area (Å²) in [7, 11) is 0. The first kappa shape index (κ1) is 43.9. The van der Waals surface area contributed by atoms with Crippen LogP contribution in [0.2, 0.25) is 0 Å². The first-order chi connectivity index (χ1) is 23.1. The maximum atomic E-state index is 13.8. The Bertz CT molecular complexity index is 1340. The molecule has 0 radical (unpaired) electrons. The van der Waals surface area contributed by atoms with Crippen molar-refractivity contribution in [2.75, 3.05) is 30.5 Å². The maximum Gasteiger partial charge on any atom is 0.303 e. The van der Waals surface area contributed by atoms with Gasteiger partial charge in [-0.3, -0.25) is 33.6 Å². The molecule has 18 nitrogen and oxygen atoms in total. The molecule has 0 amide bonds. The lowest BCUT2D eigenvalue weighted by Crippen LogP contribution is -2.92. The van der Waals surface area contributed by atoms with Gasteiger partial charge in [-0.15, -0.1) is 0 Å². The van der Waals surface area contributed by atoms with Crippen LogP contribution >= 0.6 is 31.9 Å². The number of aliphatic hydroxyl groups excluding tert-OH is 1. The van der Waals surface area contributed by atoms with Crippen LogP contribution in [0.1, 0.15) is 48.5 Å². The third-order valence-corrected chi connectivity index (χ3v) is 9.15. The molecule has 2 aliphatic heterocycles. The third kappa shape index (κ3) is 7.60. The molecule has 0 aromatic rings. The van der Waals surface area contributed by atoms with E-state index in [1.807, 2.05) is 0 Å². The number of hydrogen-bond acceptors (Lipinski definition) is 18. The van der Waals surface area contributed by atoms with Crippen LogP contribution in [0.3, 0.4) is 0 Å². The van der Waals surface area contributed by atoms with Gasteiger partial charge in [-0.05, 0) is 27.7 Å². The highest BCUT2D eigenvalue weighted by Crippen LogP contribution is 2.54. The fourth-order valence-corrected chi connectivity index (χ4v) is 6.78. The van der Waals surface area contributed by atoms with Crippen LogP contribution in [0.5, 0.6) is 0 Å². The van der Waals surface area contributed by atoms with Crippen molar-refractivity contribution in [1.29, 1.82) is 0 Å². The normalized spacial score (nSPS) is 36.1. The van der Waals surface area contributed by atoms with Gasteiger partial charge in [0.05, 0.1) is 13.2 Å². The van der Waals surface area contributed by atoms with Gasteiger partial charge in [0, 0.05) is 31.4 Å². The van der Waals surface area contributed by atoms with Crippen LogP contribution in [0.25, 0.3) is 0 Å². The molecule has 0 aliphatic carbocycles. The Kier molecular flexibility index (Phi) is 15.0. The summed E-state index contributed by atoms with van der Waals surface area (Å²) in [5, 5.41) is 48.1. The molecule has 2 fully saturated rings. The number of hydrogen-bond donors (Lipinski definition) is 4. The molecule has 2 heterocycles. The molecule has 50 heavy (non-hydrogen) atoms. The molecule has 2 rings (SSSR count). The number of halogens is 2. The van der Waals surface area contributed by atoms with Crippen molar-refractivity contribution in [3.05, 3.63) is 0 Å². The standard InChI is InChI=1S/C30H42Br2O18/c1-13(33)21(40)23-28(41,14(2)34)30(43,16(4)36)29(42,15(3)35)26(50-23)27(46-11-9-32)20(12-45-17(5)37)49-25(44-10-8-31)22(47-18(6)38)24(27)48-19(7)39/h20-26,40-43H,8-12H2,1-7H3/t20-,21?,22-,23-,24-,25+,26+,27-,28+,29+,30+/m1/s1. The van der Waals surface area contributed by atoms with Gasteiger partial charge >= 0.3 is 17.9 Å². The van der Waals surface area contributed by atoms with Gasteiger partial charge in [0.2, 0.25) is 0 Å². The summed E-state index contributed by atoms with van der Waals surface area (Å²) >= 11 is 6.33. The van der Waals surface area contributed by atoms with Gasteiger partial charge in [-0.25, -0.2) is 0 Å². The Hall–Kier alpha value is -2.27. The van der Waals surface area contributed by atoms with Crippen molar-refractivity contribution < 1.29 is 87.1 Å². The van der Waals surface area contributed by atoms with E-state index in [9.17, 15) is 54.0 Å². The van der Waals surface area contributed by atoms with Gasteiger partial charge in [-0.2, -0.15) is 0 Å². The van der Waals surface area contributed by atoms with Crippen molar-refractivity contribution in [2.24, 2.45) is 0 Å². The molecule has 11 atom stereocenters. The summed E-state index contributed by atoms with van der Waals surface area (Å²) in [5.74, 6) is -8.97. The fraction of sp³-hybridized carbons (Fsp3) is 0.767. The van der Waals surface area contributed by atoms with Crippen LogP contribution in [-0.4, -0.2) is 157 Å². The molecule has 4 N–H and O–H groups in total. The second kappa shape index (κ2) is 17.0. The molecule has 0 saturated carbocycles. The second-order valence-electron chi connectivity index (χ2n) is 11.8. The minimum Gasteiger partial charge on any atom is -0.463 e. The molecule has 2 saturated heterocycles. The van der Waals surface area contributed by atoms with Gasteiger partial charge in [0.15, 0.2) is 64.0 Å². The van der Waals surface area contributed by atoms with Crippen LogP contribution in [0.15, 0.2) is 0 Å². The second-order valence-corrected chi connectivity index (χ2v) is 13.3. The molecular formula is C30H42Br2O18. The first-order valence-electron chi connectivity index (χ1n) is 15.1. The summed E-state index contributed by atoms with van der Waals surface area (Å²) < 4.78 is 40.5. The van der Waals surface area contributed by atoms with Gasteiger partial charge < -0.3 is 53.6 Å². The fourth-order valence-electron chi connectivity index (χ4n) is 6.43. The Morgan fingerprint density at radius 2 is 1.28 bits per heavy atom. The minimum absolute atomic E-state index is 0.0807.